The van der Waals surface area contributed by atoms with E-state index >= 15 is 0 Å². The molecule has 2 aromatic carbocycles. The Hall–Kier alpha value is -2.57. The van der Waals surface area contributed by atoms with Crippen LogP contribution in [-0.4, -0.2) is 53.4 Å². The van der Waals surface area contributed by atoms with Crippen LogP contribution >= 0.6 is 31.9 Å². The highest BCUT2D eigenvalue weighted by Gasteiger charge is 2.21. The van der Waals surface area contributed by atoms with Gasteiger partial charge in [0.05, 0.1) is 22.1 Å². The van der Waals surface area contributed by atoms with Crippen LogP contribution in [0.3, 0.4) is 0 Å². The van der Waals surface area contributed by atoms with E-state index in [4.69, 9.17) is 0 Å². The fraction of sp³-hybridized carbons (Fsp3) is 0.278. The number of non-ortho nitro benzene ring substituents is 2. The van der Waals surface area contributed by atoms with Crippen molar-refractivity contribution < 1.29 is 14.6 Å². The zero-order chi connectivity index (χ0) is 21.8. The third kappa shape index (κ3) is 5.32. The summed E-state index contributed by atoms with van der Waals surface area (Å²) in [4.78, 5) is 37.3. The van der Waals surface area contributed by atoms with Gasteiger partial charge in [0.1, 0.15) is 0 Å². The maximum Gasteiger partial charge on any atom is 0.271 e. The van der Waals surface area contributed by atoms with Gasteiger partial charge < -0.3 is 10.2 Å². The summed E-state index contributed by atoms with van der Waals surface area (Å²) in [6.07, 6.45) is 0. The molecule has 30 heavy (non-hydrogen) atoms. The van der Waals surface area contributed by atoms with E-state index in [1.807, 2.05) is 4.90 Å². The highest BCUT2D eigenvalue weighted by atomic mass is 79.9. The Morgan fingerprint density at radius 3 is 1.97 bits per heavy atom. The number of hydrogen-bond donors (Lipinski definition) is 1. The van der Waals surface area contributed by atoms with Crippen LogP contribution in [0, 0.1) is 20.2 Å². The molecule has 0 spiro atoms. The van der Waals surface area contributed by atoms with Gasteiger partial charge in [0, 0.05) is 65.1 Å². The average molecular weight is 543 g/mol. The molecule has 0 unspecified atom stereocenters. The first-order valence-corrected chi connectivity index (χ1v) is 10.5. The number of nitrogens with zero attached hydrogens (tertiary/aromatic N) is 4. The molecule has 158 valence electrons. The molecular weight excluding hydrogens is 526 g/mol. The molecule has 1 N–H and O–H groups in total. The number of rotatable bonds is 6. The summed E-state index contributed by atoms with van der Waals surface area (Å²) < 4.78 is 0.833. The van der Waals surface area contributed by atoms with Crippen molar-refractivity contribution in [3.8, 4) is 0 Å². The fourth-order valence-corrected chi connectivity index (χ4v) is 4.48. The lowest BCUT2D eigenvalue weighted by molar-refractivity contribution is -0.385. The van der Waals surface area contributed by atoms with Gasteiger partial charge in [-0.05, 0) is 44.0 Å². The van der Waals surface area contributed by atoms with Crippen LogP contribution in [0.4, 0.5) is 22.7 Å². The zero-order valence-electron chi connectivity index (χ0n) is 15.6. The molecule has 1 fully saturated rings. The Bertz CT molecular complexity index is 954. The van der Waals surface area contributed by atoms with Crippen molar-refractivity contribution in [1.82, 2.24) is 4.90 Å². The minimum absolute atomic E-state index is 0.0534. The van der Waals surface area contributed by atoms with Gasteiger partial charge in [-0.1, -0.05) is 0 Å². The Morgan fingerprint density at radius 2 is 1.47 bits per heavy atom. The van der Waals surface area contributed by atoms with Crippen molar-refractivity contribution in [2.75, 3.05) is 42.9 Å². The van der Waals surface area contributed by atoms with E-state index in [1.165, 1.54) is 24.3 Å². The predicted molar refractivity (Wildman–Crippen MR) is 119 cm³/mol. The van der Waals surface area contributed by atoms with Crippen LogP contribution in [0.2, 0.25) is 0 Å². The van der Waals surface area contributed by atoms with E-state index in [2.05, 4.69) is 42.1 Å². The van der Waals surface area contributed by atoms with Gasteiger partial charge in [0.25, 0.3) is 11.4 Å². The van der Waals surface area contributed by atoms with Crippen molar-refractivity contribution in [3.05, 3.63) is 65.6 Å². The van der Waals surface area contributed by atoms with Gasteiger partial charge in [0.15, 0.2) is 0 Å². The number of nitro groups is 2. The first-order chi connectivity index (χ1) is 14.2. The zero-order valence-corrected chi connectivity index (χ0v) is 18.8. The number of carbonyl (C=O) groups is 1. The molecule has 1 heterocycles. The van der Waals surface area contributed by atoms with Crippen LogP contribution in [0.15, 0.2) is 45.3 Å². The average Bonchev–Trinajstić information content (AvgIpc) is 2.71. The third-order valence-electron chi connectivity index (χ3n) is 4.67. The fourth-order valence-electron chi connectivity index (χ4n) is 3.12. The number of piperazine rings is 1. The summed E-state index contributed by atoms with van der Waals surface area (Å²) in [5.74, 6) is -0.228. The number of anilines is 2. The lowest BCUT2D eigenvalue weighted by Gasteiger charge is -2.35. The molecule has 10 nitrogen and oxygen atoms in total. The van der Waals surface area contributed by atoms with E-state index in [0.717, 1.165) is 5.69 Å². The van der Waals surface area contributed by atoms with Crippen LogP contribution in [0.1, 0.15) is 0 Å². The van der Waals surface area contributed by atoms with E-state index in [1.54, 1.807) is 12.1 Å². The smallest absolute Gasteiger partial charge is 0.271 e. The summed E-state index contributed by atoms with van der Waals surface area (Å²) in [5, 5.41) is 24.5. The SMILES string of the molecule is O=C(CN1CCN(c2ccc([N+](=O)[O-])cc2)CC1)Nc1c(Br)cc([N+](=O)[O-])cc1Br. The molecule has 12 heteroatoms. The summed E-state index contributed by atoms with van der Waals surface area (Å²) in [7, 11) is 0. The topological polar surface area (TPSA) is 122 Å². The number of nitro benzene ring substituents is 2. The quantitative estimate of drug-likeness (QED) is 0.435. The van der Waals surface area contributed by atoms with Crippen molar-refractivity contribution >= 4 is 60.5 Å². The molecule has 0 bridgehead atoms. The van der Waals surface area contributed by atoms with E-state index in [-0.39, 0.29) is 23.8 Å². The molecule has 3 rings (SSSR count). The van der Waals surface area contributed by atoms with E-state index < -0.39 is 9.85 Å². The number of carbonyl (C=O) groups excluding carboxylic acids is 1. The van der Waals surface area contributed by atoms with Crippen LogP contribution < -0.4 is 10.2 Å². The maximum atomic E-state index is 12.5. The molecular formula is C18H17Br2N5O5. The summed E-state index contributed by atoms with van der Waals surface area (Å²) >= 11 is 6.51. The molecule has 1 saturated heterocycles. The van der Waals surface area contributed by atoms with E-state index in [0.29, 0.717) is 40.8 Å². The predicted octanol–water partition coefficient (Wildman–Crippen LogP) is 3.79. The molecule has 1 aliphatic heterocycles. The molecule has 2 aromatic rings. The minimum atomic E-state index is -0.508. The van der Waals surface area contributed by atoms with Crippen LogP contribution in [0.25, 0.3) is 0 Å². The lowest BCUT2D eigenvalue weighted by atomic mass is 10.2. The maximum absolute atomic E-state index is 12.5. The number of hydrogen-bond acceptors (Lipinski definition) is 7. The number of benzene rings is 2. The molecule has 1 aliphatic rings. The summed E-state index contributed by atoms with van der Waals surface area (Å²) in [5.41, 5.74) is 1.31. The van der Waals surface area contributed by atoms with Crippen LogP contribution in [0.5, 0.6) is 0 Å². The Morgan fingerprint density at radius 1 is 0.933 bits per heavy atom. The van der Waals surface area contributed by atoms with Crippen molar-refractivity contribution in [2.24, 2.45) is 0 Å². The van der Waals surface area contributed by atoms with Crippen molar-refractivity contribution in [2.45, 2.75) is 0 Å². The second-order valence-corrected chi connectivity index (χ2v) is 8.34. The van der Waals surface area contributed by atoms with Gasteiger partial charge in [-0.25, -0.2) is 0 Å². The second-order valence-electron chi connectivity index (χ2n) is 6.63. The minimum Gasteiger partial charge on any atom is -0.369 e. The molecule has 1 amide bonds. The van der Waals surface area contributed by atoms with Gasteiger partial charge in [0.2, 0.25) is 5.91 Å². The van der Waals surface area contributed by atoms with E-state index in [9.17, 15) is 25.0 Å². The highest BCUT2D eigenvalue weighted by molar-refractivity contribution is 9.11. The van der Waals surface area contributed by atoms with Gasteiger partial charge in [-0.15, -0.1) is 0 Å². The Kier molecular flexibility index (Phi) is 7.00. The highest BCUT2D eigenvalue weighted by Crippen LogP contribution is 2.35. The summed E-state index contributed by atoms with van der Waals surface area (Å²) in [6.45, 7) is 2.88. The van der Waals surface area contributed by atoms with Gasteiger partial charge >= 0.3 is 0 Å². The first-order valence-electron chi connectivity index (χ1n) is 8.89. The normalized spacial score (nSPS) is 14.4. The largest absolute Gasteiger partial charge is 0.369 e. The standard InChI is InChI=1S/C18H17Br2N5O5/c19-15-9-14(25(29)30)10-16(20)18(15)21-17(26)11-22-5-7-23(8-6-22)12-1-3-13(4-2-12)24(27)28/h1-4,9-10H,5-8,11H2,(H,21,26). The molecule has 0 aliphatic carbocycles. The van der Waals surface area contributed by atoms with Crippen molar-refractivity contribution in [1.29, 1.82) is 0 Å². The summed E-state index contributed by atoms with van der Waals surface area (Å²) in [6, 6.07) is 9.09. The third-order valence-corrected chi connectivity index (χ3v) is 5.92. The van der Waals surface area contributed by atoms with Crippen molar-refractivity contribution in [3.63, 3.8) is 0 Å². The number of amides is 1. The Balaban J connectivity index is 1.54. The second kappa shape index (κ2) is 9.49. The lowest BCUT2D eigenvalue weighted by Crippen LogP contribution is -2.48. The van der Waals surface area contributed by atoms with Crippen LogP contribution in [-0.2, 0) is 4.79 Å². The Labute approximate surface area is 188 Å². The number of nitrogens with one attached hydrogen (secondary N) is 1. The first kappa shape index (κ1) is 22.1. The molecule has 0 saturated carbocycles. The molecule has 0 radical (unpaired) electrons. The monoisotopic (exact) mass is 541 g/mol. The van der Waals surface area contributed by atoms with Gasteiger partial charge in [-0.2, -0.15) is 0 Å². The molecule has 0 aromatic heterocycles. The van der Waals surface area contributed by atoms with Gasteiger partial charge in [-0.3, -0.25) is 29.9 Å². The molecule has 0 atom stereocenters. The number of halogens is 2.